The molecule has 114 valence electrons. The molecule has 0 fully saturated rings. The highest BCUT2D eigenvalue weighted by molar-refractivity contribution is 5.35. The van der Waals surface area contributed by atoms with Crippen LogP contribution in [0.1, 0.15) is 52.0 Å². The van der Waals surface area contributed by atoms with Crippen molar-refractivity contribution in [1.82, 2.24) is 20.2 Å². The molecule has 0 atom stereocenters. The van der Waals surface area contributed by atoms with E-state index in [0.29, 0.717) is 6.01 Å². The summed E-state index contributed by atoms with van der Waals surface area (Å²) in [5.74, 6) is 0. The van der Waals surface area contributed by atoms with Crippen molar-refractivity contribution in [2.24, 2.45) is 0 Å². The van der Waals surface area contributed by atoms with Gasteiger partial charge in [-0.15, -0.1) is 0 Å². The smallest absolute Gasteiger partial charge is 0.340 e. The molecule has 1 aromatic carbocycles. The van der Waals surface area contributed by atoms with Gasteiger partial charge in [-0.1, -0.05) is 43.4 Å². The van der Waals surface area contributed by atoms with E-state index in [1.54, 1.807) is 4.68 Å². The quantitative estimate of drug-likeness (QED) is 0.697. The number of rotatable bonds is 8. The maximum atomic E-state index is 5.59. The number of tetrazole rings is 1. The van der Waals surface area contributed by atoms with E-state index in [2.05, 4.69) is 34.6 Å². The molecule has 0 N–H and O–H groups in total. The van der Waals surface area contributed by atoms with E-state index in [-0.39, 0.29) is 6.10 Å². The molecule has 0 spiro atoms. The van der Waals surface area contributed by atoms with Crippen LogP contribution in [0, 0.1) is 0 Å². The fraction of sp³-hybridized carbons (Fsp3) is 0.562. The van der Waals surface area contributed by atoms with Crippen molar-refractivity contribution in [2.45, 2.75) is 59.0 Å². The second-order valence-corrected chi connectivity index (χ2v) is 5.52. The number of nitrogens with zero attached hydrogens (tertiary/aromatic N) is 4. The summed E-state index contributed by atoms with van der Waals surface area (Å²) in [5.41, 5.74) is 2.28. The van der Waals surface area contributed by atoms with Gasteiger partial charge in [0.25, 0.3) is 0 Å². The molecule has 0 aliphatic rings. The van der Waals surface area contributed by atoms with Crippen LogP contribution in [0.4, 0.5) is 0 Å². The molecule has 0 radical (unpaired) electrons. The van der Waals surface area contributed by atoms with E-state index in [4.69, 9.17) is 4.74 Å². The lowest BCUT2D eigenvalue weighted by atomic mass is 10.1. The molecule has 5 heteroatoms. The Morgan fingerprint density at radius 2 is 1.86 bits per heavy atom. The molecule has 0 saturated carbocycles. The van der Waals surface area contributed by atoms with Gasteiger partial charge in [-0.3, -0.25) is 0 Å². The van der Waals surface area contributed by atoms with E-state index in [1.165, 1.54) is 31.2 Å². The minimum Gasteiger partial charge on any atom is -0.460 e. The van der Waals surface area contributed by atoms with Gasteiger partial charge in [-0.2, -0.15) is 4.68 Å². The summed E-state index contributed by atoms with van der Waals surface area (Å²) in [6.07, 6.45) is 6.32. The molecule has 1 heterocycles. The summed E-state index contributed by atoms with van der Waals surface area (Å²) in [5, 5.41) is 11.6. The summed E-state index contributed by atoms with van der Waals surface area (Å²) in [4.78, 5) is 0. The number of benzene rings is 1. The van der Waals surface area contributed by atoms with Crippen molar-refractivity contribution >= 4 is 0 Å². The molecule has 0 aliphatic heterocycles. The van der Waals surface area contributed by atoms with Crippen LogP contribution in [0.15, 0.2) is 24.3 Å². The number of aryl methyl sites for hydroxylation is 1. The van der Waals surface area contributed by atoms with Crippen LogP contribution >= 0.6 is 0 Å². The zero-order chi connectivity index (χ0) is 15.1. The summed E-state index contributed by atoms with van der Waals surface area (Å²) in [7, 11) is 0. The maximum absolute atomic E-state index is 5.59. The van der Waals surface area contributed by atoms with Crippen molar-refractivity contribution in [3.05, 3.63) is 29.8 Å². The van der Waals surface area contributed by atoms with E-state index in [9.17, 15) is 0 Å². The van der Waals surface area contributed by atoms with Crippen molar-refractivity contribution in [3.63, 3.8) is 0 Å². The maximum Gasteiger partial charge on any atom is 0.340 e. The lowest BCUT2D eigenvalue weighted by Gasteiger charge is -2.09. The fourth-order valence-electron chi connectivity index (χ4n) is 2.18. The van der Waals surface area contributed by atoms with Crippen LogP contribution in [0.5, 0.6) is 6.01 Å². The highest BCUT2D eigenvalue weighted by Crippen LogP contribution is 2.16. The number of aromatic nitrogens is 4. The highest BCUT2D eigenvalue weighted by Gasteiger charge is 2.10. The first-order chi connectivity index (χ1) is 10.2. The molecule has 0 bridgehead atoms. The Morgan fingerprint density at radius 3 is 2.52 bits per heavy atom. The van der Waals surface area contributed by atoms with Gasteiger partial charge in [0.05, 0.1) is 11.8 Å². The zero-order valence-corrected chi connectivity index (χ0v) is 13.1. The van der Waals surface area contributed by atoms with Gasteiger partial charge >= 0.3 is 6.01 Å². The molecular weight excluding hydrogens is 264 g/mol. The van der Waals surface area contributed by atoms with Crippen molar-refractivity contribution < 1.29 is 4.74 Å². The lowest BCUT2D eigenvalue weighted by Crippen LogP contribution is -2.10. The standard InChI is InChI=1S/C16H24N4O/c1-4-5-6-7-8-14-9-11-15(12-10-14)20-16(17-18-19-20)21-13(2)3/h9-13H,4-8H2,1-3H3. The van der Waals surface area contributed by atoms with E-state index >= 15 is 0 Å². The van der Waals surface area contributed by atoms with Gasteiger partial charge in [-0.05, 0) is 54.8 Å². The van der Waals surface area contributed by atoms with E-state index in [0.717, 1.165) is 12.1 Å². The molecule has 21 heavy (non-hydrogen) atoms. The normalized spacial score (nSPS) is 11.0. The topological polar surface area (TPSA) is 52.8 Å². The van der Waals surface area contributed by atoms with E-state index in [1.807, 2.05) is 26.0 Å². The fourth-order valence-corrected chi connectivity index (χ4v) is 2.18. The molecule has 0 aliphatic carbocycles. The Bertz CT molecular complexity index is 533. The minimum atomic E-state index is 0.0487. The van der Waals surface area contributed by atoms with Crippen molar-refractivity contribution in [2.75, 3.05) is 0 Å². The second-order valence-electron chi connectivity index (χ2n) is 5.52. The third kappa shape index (κ3) is 4.55. The van der Waals surface area contributed by atoms with Crippen LogP contribution in [0.2, 0.25) is 0 Å². The lowest BCUT2D eigenvalue weighted by molar-refractivity contribution is 0.216. The van der Waals surface area contributed by atoms with Crippen LogP contribution in [0.3, 0.4) is 0 Å². The van der Waals surface area contributed by atoms with Gasteiger partial charge < -0.3 is 4.74 Å². The Kier molecular flexibility index (Phi) is 5.72. The average Bonchev–Trinajstić information content (AvgIpc) is 2.92. The van der Waals surface area contributed by atoms with E-state index < -0.39 is 0 Å². The van der Waals surface area contributed by atoms with Gasteiger partial charge in [0.15, 0.2) is 0 Å². The first-order valence-corrected chi connectivity index (χ1v) is 7.75. The van der Waals surface area contributed by atoms with Crippen molar-refractivity contribution in [1.29, 1.82) is 0 Å². The molecule has 0 saturated heterocycles. The average molecular weight is 288 g/mol. The summed E-state index contributed by atoms with van der Waals surface area (Å²) in [6, 6.07) is 8.79. The third-order valence-electron chi connectivity index (χ3n) is 3.28. The largest absolute Gasteiger partial charge is 0.460 e. The number of hydrogen-bond acceptors (Lipinski definition) is 4. The summed E-state index contributed by atoms with van der Waals surface area (Å²) in [6.45, 7) is 6.15. The first-order valence-electron chi connectivity index (χ1n) is 7.75. The van der Waals surface area contributed by atoms with Gasteiger partial charge in [0, 0.05) is 0 Å². The van der Waals surface area contributed by atoms with Crippen LogP contribution in [0.25, 0.3) is 5.69 Å². The van der Waals surface area contributed by atoms with Crippen LogP contribution < -0.4 is 4.74 Å². The molecule has 1 aromatic heterocycles. The number of ether oxygens (including phenoxy) is 1. The Hall–Kier alpha value is -1.91. The molecular formula is C16H24N4O. The van der Waals surface area contributed by atoms with Crippen molar-refractivity contribution in [3.8, 4) is 11.7 Å². The number of unbranched alkanes of at least 4 members (excludes halogenated alkanes) is 3. The predicted octanol–water partition coefficient (Wildman–Crippen LogP) is 3.57. The molecule has 0 unspecified atom stereocenters. The van der Waals surface area contributed by atoms with Gasteiger partial charge in [-0.25, -0.2) is 0 Å². The summed E-state index contributed by atoms with van der Waals surface area (Å²) < 4.78 is 7.21. The van der Waals surface area contributed by atoms with Gasteiger partial charge in [0.1, 0.15) is 0 Å². The Labute approximate surface area is 126 Å². The van der Waals surface area contributed by atoms with Gasteiger partial charge in [0.2, 0.25) is 0 Å². The Balaban J connectivity index is 2.00. The molecule has 0 amide bonds. The summed E-state index contributed by atoms with van der Waals surface area (Å²) >= 11 is 0. The molecule has 2 aromatic rings. The zero-order valence-electron chi connectivity index (χ0n) is 13.1. The highest BCUT2D eigenvalue weighted by atomic mass is 16.5. The number of hydrogen-bond donors (Lipinski definition) is 0. The SMILES string of the molecule is CCCCCCc1ccc(-n2nnnc2OC(C)C)cc1. The van der Waals surface area contributed by atoms with Crippen LogP contribution in [-0.2, 0) is 6.42 Å². The minimum absolute atomic E-state index is 0.0487. The Morgan fingerprint density at radius 1 is 1.10 bits per heavy atom. The third-order valence-corrected chi connectivity index (χ3v) is 3.28. The first kappa shape index (κ1) is 15.5. The van der Waals surface area contributed by atoms with Crippen LogP contribution in [-0.4, -0.2) is 26.3 Å². The monoisotopic (exact) mass is 288 g/mol. The predicted molar refractivity (Wildman–Crippen MR) is 82.8 cm³/mol. The molecule has 2 rings (SSSR count). The molecule has 5 nitrogen and oxygen atoms in total. The second kappa shape index (κ2) is 7.76.